The van der Waals surface area contributed by atoms with Crippen molar-refractivity contribution in [2.75, 3.05) is 43.2 Å². The number of rotatable bonds is 9. The number of carbonyl (C=O) groups excluding carboxylic acids is 1. The number of pyridine rings is 1. The average Bonchev–Trinajstić information content (AvgIpc) is 3.23. The molecule has 2 aromatic heterocycles. The van der Waals surface area contributed by atoms with Crippen molar-refractivity contribution in [2.24, 2.45) is 0 Å². The van der Waals surface area contributed by atoms with Crippen molar-refractivity contribution in [1.29, 1.82) is 0 Å². The average molecular weight is 527 g/mol. The highest BCUT2D eigenvalue weighted by molar-refractivity contribution is 7.92. The van der Waals surface area contributed by atoms with Crippen LogP contribution in [0.1, 0.15) is 0 Å². The van der Waals surface area contributed by atoms with E-state index in [0.717, 1.165) is 21.9 Å². The summed E-state index contributed by atoms with van der Waals surface area (Å²) in [6, 6.07) is 14.0. The zero-order valence-electron chi connectivity index (χ0n) is 20.4. The summed E-state index contributed by atoms with van der Waals surface area (Å²) >= 11 is 0. The van der Waals surface area contributed by atoms with E-state index in [1.165, 1.54) is 26.3 Å². The number of aromatic nitrogens is 1. The van der Waals surface area contributed by atoms with Crippen LogP contribution in [-0.2, 0) is 10.0 Å². The lowest BCUT2D eigenvalue weighted by Gasteiger charge is -2.23. The molecule has 0 saturated heterocycles. The minimum atomic E-state index is -3.75. The number of hydrogen-bond acceptors (Lipinski definition) is 9. The third kappa shape index (κ3) is 5.60. The predicted octanol–water partition coefficient (Wildman–Crippen LogP) is 3.72. The topological polar surface area (TPSA) is 143 Å². The van der Waals surface area contributed by atoms with Gasteiger partial charge >= 0.3 is 6.09 Å². The number of hydrogen-bond donors (Lipinski definition) is 3. The summed E-state index contributed by atoms with van der Waals surface area (Å²) in [4.78, 5) is 16.3. The van der Waals surface area contributed by atoms with E-state index in [9.17, 15) is 18.3 Å². The van der Waals surface area contributed by atoms with Crippen molar-refractivity contribution >= 4 is 44.1 Å². The maximum Gasteiger partial charge on any atom is 0.412 e. The van der Waals surface area contributed by atoms with Crippen molar-refractivity contribution in [2.45, 2.75) is 0 Å². The van der Waals surface area contributed by atoms with Gasteiger partial charge in [0.25, 0.3) is 0 Å². The third-order valence-corrected chi connectivity index (χ3v) is 6.59. The second-order valence-electron chi connectivity index (χ2n) is 7.92. The molecule has 11 nitrogen and oxygen atoms in total. The number of ether oxygens (including phenoxy) is 2. The van der Waals surface area contributed by atoms with Gasteiger partial charge in [0, 0.05) is 30.6 Å². The summed E-state index contributed by atoms with van der Waals surface area (Å²) in [7, 11) is -0.927. The molecule has 0 unspecified atom stereocenters. The molecular formula is C25H26N4O7S. The van der Waals surface area contributed by atoms with Gasteiger partial charge in [0.15, 0.2) is 11.5 Å². The number of carbonyl (C=O) groups is 1. The Kier molecular flexibility index (Phi) is 7.50. The van der Waals surface area contributed by atoms with Crippen molar-refractivity contribution in [3.8, 4) is 22.8 Å². The Morgan fingerprint density at radius 3 is 2.51 bits per heavy atom. The minimum absolute atomic E-state index is 0.139. The first-order chi connectivity index (χ1) is 17.7. The highest BCUT2D eigenvalue weighted by Gasteiger charge is 2.26. The molecule has 0 radical (unpaired) electrons. The van der Waals surface area contributed by atoms with Crippen LogP contribution in [-0.4, -0.2) is 58.2 Å². The van der Waals surface area contributed by atoms with Crippen LogP contribution in [0.4, 0.5) is 21.9 Å². The lowest BCUT2D eigenvalue weighted by atomic mass is 10.1. The fourth-order valence-electron chi connectivity index (χ4n) is 3.75. The molecule has 0 fully saturated rings. The molecule has 0 bridgehead atoms. The van der Waals surface area contributed by atoms with Crippen molar-refractivity contribution in [1.82, 2.24) is 10.3 Å². The van der Waals surface area contributed by atoms with Crippen LogP contribution in [0.3, 0.4) is 0 Å². The summed E-state index contributed by atoms with van der Waals surface area (Å²) < 4.78 is 42.9. The van der Waals surface area contributed by atoms with E-state index in [0.29, 0.717) is 10.9 Å². The molecule has 3 N–H and O–H groups in total. The Hall–Kier alpha value is -4.29. The zero-order chi connectivity index (χ0) is 26.6. The molecule has 0 aliphatic rings. The maximum absolute atomic E-state index is 12.4. The van der Waals surface area contributed by atoms with Gasteiger partial charge in [-0.1, -0.05) is 0 Å². The molecule has 194 valence electrons. The van der Waals surface area contributed by atoms with Gasteiger partial charge in [-0.05, 0) is 42.5 Å². The number of aliphatic hydroxyl groups is 1. The van der Waals surface area contributed by atoms with Crippen LogP contribution in [0.2, 0.25) is 0 Å². The summed E-state index contributed by atoms with van der Waals surface area (Å²) in [6.07, 6.45) is 3.70. The fourth-order valence-corrected chi connectivity index (χ4v) is 4.66. The number of fused-ring (bicyclic) bond motifs is 1. The normalized spacial score (nSPS) is 11.2. The highest BCUT2D eigenvalue weighted by atomic mass is 32.2. The molecule has 4 rings (SSSR count). The molecule has 12 heteroatoms. The zero-order valence-corrected chi connectivity index (χ0v) is 21.2. The van der Waals surface area contributed by atoms with Gasteiger partial charge in [-0.25, -0.2) is 13.2 Å². The summed E-state index contributed by atoms with van der Waals surface area (Å²) in [6.45, 7) is -0.580. The van der Waals surface area contributed by atoms with Gasteiger partial charge in [0.2, 0.25) is 10.0 Å². The van der Waals surface area contributed by atoms with Crippen molar-refractivity contribution < 1.29 is 32.2 Å². The number of sulfonamides is 1. The van der Waals surface area contributed by atoms with Gasteiger partial charge in [-0.3, -0.25) is 9.29 Å². The largest absolute Gasteiger partial charge is 0.495 e. The van der Waals surface area contributed by atoms with Gasteiger partial charge in [-0.15, -0.1) is 0 Å². The van der Waals surface area contributed by atoms with Crippen LogP contribution >= 0.6 is 0 Å². The molecule has 0 saturated carbocycles. The number of aliphatic hydroxyl groups excluding tert-OH is 1. The second-order valence-corrected chi connectivity index (χ2v) is 9.83. The molecule has 1 amide bonds. The summed E-state index contributed by atoms with van der Waals surface area (Å²) in [5, 5.41) is 15.5. The second kappa shape index (κ2) is 10.8. The minimum Gasteiger partial charge on any atom is -0.495 e. The SMILES string of the molecule is CNC(=O)Oc1c(-c2ccc(Nc3cccnc3)cc2)oc2cc(N(CCO)S(C)(=O)=O)c(OC)cc12. The quantitative estimate of drug-likeness (QED) is 0.297. The van der Waals surface area contributed by atoms with Gasteiger partial charge in [0.05, 0.1) is 49.5 Å². The number of benzene rings is 2. The standard InChI is InChI=1S/C25H26N4O7S/c1-26-25(31)36-24-19-13-22(34-2)20(29(11-12-30)37(3,32)33)14-21(19)35-23(24)16-6-8-17(9-7-16)28-18-5-4-10-27-15-18/h4-10,13-15,28,30H,11-12H2,1-3H3,(H,26,31). The van der Waals surface area contributed by atoms with Crippen LogP contribution in [0, 0.1) is 0 Å². The summed E-state index contributed by atoms with van der Waals surface area (Å²) in [5.74, 6) is 0.593. The Morgan fingerprint density at radius 2 is 1.92 bits per heavy atom. The Morgan fingerprint density at radius 1 is 1.16 bits per heavy atom. The van der Waals surface area contributed by atoms with Crippen molar-refractivity contribution in [3.05, 3.63) is 60.9 Å². The first kappa shape index (κ1) is 25.8. The number of methoxy groups -OCH3 is 1. The number of anilines is 3. The molecular weight excluding hydrogens is 500 g/mol. The molecule has 2 aromatic carbocycles. The first-order valence-corrected chi connectivity index (χ1v) is 13.0. The number of nitrogens with one attached hydrogen (secondary N) is 2. The van der Waals surface area contributed by atoms with E-state index in [2.05, 4.69) is 15.6 Å². The summed E-state index contributed by atoms with van der Waals surface area (Å²) in [5.41, 5.74) is 2.67. The number of nitrogens with zero attached hydrogens (tertiary/aromatic N) is 2. The van der Waals surface area contributed by atoms with Gasteiger partial charge < -0.3 is 29.6 Å². The Bertz CT molecular complexity index is 1500. The van der Waals surface area contributed by atoms with E-state index in [1.54, 1.807) is 24.5 Å². The molecule has 0 aliphatic carbocycles. The maximum atomic E-state index is 12.4. The van der Waals surface area contributed by atoms with Gasteiger partial charge in [-0.2, -0.15) is 0 Å². The first-order valence-electron chi connectivity index (χ1n) is 11.1. The van der Waals surface area contributed by atoms with Crippen LogP contribution in [0.5, 0.6) is 11.5 Å². The molecule has 37 heavy (non-hydrogen) atoms. The van der Waals surface area contributed by atoms with Gasteiger partial charge in [0.1, 0.15) is 11.3 Å². The van der Waals surface area contributed by atoms with Crippen LogP contribution in [0.15, 0.2) is 65.3 Å². The molecule has 4 aromatic rings. The van der Waals surface area contributed by atoms with E-state index in [-0.39, 0.29) is 35.1 Å². The molecule has 0 spiro atoms. The number of amides is 1. The van der Waals surface area contributed by atoms with Crippen molar-refractivity contribution in [3.63, 3.8) is 0 Å². The molecule has 0 aliphatic heterocycles. The number of furan rings is 1. The lowest BCUT2D eigenvalue weighted by Crippen LogP contribution is -2.32. The van der Waals surface area contributed by atoms with E-state index in [4.69, 9.17) is 13.9 Å². The Balaban J connectivity index is 1.83. The third-order valence-electron chi connectivity index (χ3n) is 5.41. The lowest BCUT2D eigenvalue weighted by molar-refractivity contribution is 0.203. The monoisotopic (exact) mass is 526 g/mol. The van der Waals surface area contributed by atoms with Crippen LogP contribution in [0.25, 0.3) is 22.3 Å². The fraction of sp³-hybridized carbons (Fsp3) is 0.200. The highest BCUT2D eigenvalue weighted by Crippen LogP contribution is 2.45. The Labute approximate surface area is 213 Å². The predicted molar refractivity (Wildman–Crippen MR) is 140 cm³/mol. The van der Waals surface area contributed by atoms with E-state index < -0.39 is 22.7 Å². The van der Waals surface area contributed by atoms with Crippen LogP contribution < -0.4 is 24.4 Å². The molecule has 2 heterocycles. The smallest absolute Gasteiger partial charge is 0.412 e. The van der Waals surface area contributed by atoms with E-state index in [1.807, 2.05) is 24.3 Å². The van der Waals surface area contributed by atoms with E-state index >= 15 is 0 Å². The molecule has 0 atom stereocenters.